The summed E-state index contributed by atoms with van der Waals surface area (Å²) in [5.41, 5.74) is 10.8. The zero-order valence-corrected chi connectivity index (χ0v) is 11.8. The number of guanidine groups is 1. The van der Waals surface area contributed by atoms with Crippen LogP contribution in [0.15, 0.2) is 4.99 Å². The molecule has 0 unspecified atom stereocenters. The molecule has 0 aliphatic carbocycles. The van der Waals surface area contributed by atoms with Gasteiger partial charge in [-0.1, -0.05) is 20.8 Å². The van der Waals surface area contributed by atoms with Crippen molar-refractivity contribution < 1.29 is 4.79 Å². The molecule has 1 aliphatic rings. The number of nitrogens with two attached hydrogens (primary N) is 2. The van der Waals surface area contributed by atoms with Crippen LogP contribution in [-0.2, 0) is 4.79 Å². The fraction of sp³-hybridized carbons (Fsp3) is 0.846. The minimum atomic E-state index is 0.0502. The lowest BCUT2D eigenvalue weighted by Crippen LogP contribution is -2.41. The molecule has 0 aromatic rings. The van der Waals surface area contributed by atoms with Crippen molar-refractivity contribution >= 4 is 11.9 Å². The van der Waals surface area contributed by atoms with Crippen LogP contribution in [0.4, 0.5) is 0 Å². The molecule has 1 rings (SSSR count). The van der Waals surface area contributed by atoms with Crippen LogP contribution < -0.4 is 11.5 Å². The standard InChI is InChI=1S/C13H26N4O/c1-13(2,3)10-5-8-17(9-6-10)11(18)4-7-16-12(14)15/h10H,4-9H2,1-3H3,(H4,14,15,16). The molecule has 0 bridgehead atoms. The summed E-state index contributed by atoms with van der Waals surface area (Å²) in [7, 11) is 0. The number of amides is 1. The van der Waals surface area contributed by atoms with E-state index in [9.17, 15) is 4.79 Å². The highest BCUT2D eigenvalue weighted by molar-refractivity contribution is 5.78. The van der Waals surface area contributed by atoms with Gasteiger partial charge in [0.05, 0.1) is 6.54 Å². The molecule has 1 heterocycles. The van der Waals surface area contributed by atoms with Crippen LogP contribution in [0.3, 0.4) is 0 Å². The maximum atomic E-state index is 11.9. The van der Waals surface area contributed by atoms with Crippen molar-refractivity contribution in [2.75, 3.05) is 19.6 Å². The van der Waals surface area contributed by atoms with Gasteiger partial charge in [0, 0.05) is 19.5 Å². The molecule has 1 aliphatic heterocycles. The average molecular weight is 254 g/mol. The number of hydrogen-bond donors (Lipinski definition) is 2. The first-order valence-electron chi connectivity index (χ1n) is 6.64. The first-order valence-corrected chi connectivity index (χ1v) is 6.64. The molecule has 104 valence electrons. The molecule has 0 aromatic carbocycles. The van der Waals surface area contributed by atoms with Gasteiger partial charge < -0.3 is 16.4 Å². The predicted octanol–water partition coefficient (Wildman–Crippen LogP) is 0.935. The van der Waals surface area contributed by atoms with E-state index < -0.39 is 0 Å². The lowest BCUT2D eigenvalue weighted by atomic mass is 9.75. The summed E-state index contributed by atoms with van der Waals surface area (Å²) < 4.78 is 0. The van der Waals surface area contributed by atoms with E-state index in [0.29, 0.717) is 24.3 Å². The smallest absolute Gasteiger partial charge is 0.224 e. The van der Waals surface area contributed by atoms with E-state index in [2.05, 4.69) is 25.8 Å². The second-order valence-electron chi connectivity index (χ2n) is 6.08. The molecular formula is C13H26N4O. The monoisotopic (exact) mass is 254 g/mol. The first kappa shape index (κ1) is 14.8. The Labute approximate surface area is 110 Å². The van der Waals surface area contributed by atoms with Gasteiger partial charge in [-0.3, -0.25) is 9.79 Å². The van der Waals surface area contributed by atoms with Gasteiger partial charge in [-0.25, -0.2) is 0 Å². The van der Waals surface area contributed by atoms with Crippen LogP contribution in [0, 0.1) is 11.3 Å². The SMILES string of the molecule is CC(C)(C)C1CCN(C(=O)CCN=C(N)N)CC1. The molecule has 0 radical (unpaired) electrons. The molecular weight excluding hydrogens is 228 g/mol. The van der Waals surface area contributed by atoms with Gasteiger partial charge in [-0.05, 0) is 24.2 Å². The number of piperidine rings is 1. The molecule has 4 N–H and O–H groups in total. The molecule has 0 saturated carbocycles. The van der Waals surface area contributed by atoms with E-state index in [-0.39, 0.29) is 11.9 Å². The van der Waals surface area contributed by atoms with Gasteiger partial charge >= 0.3 is 0 Å². The van der Waals surface area contributed by atoms with E-state index in [1.165, 1.54) is 0 Å². The molecule has 1 fully saturated rings. The van der Waals surface area contributed by atoms with Crippen LogP contribution in [-0.4, -0.2) is 36.4 Å². The quantitative estimate of drug-likeness (QED) is 0.580. The van der Waals surface area contributed by atoms with Crippen LogP contribution in [0.1, 0.15) is 40.0 Å². The van der Waals surface area contributed by atoms with Gasteiger partial charge in [0.25, 0.3) is 0 Å². The van der Waals surface area contributed by atoms with E-state index in [4.69, 9.17) is 11.5 Å². The highest BCUT2D eigenvalue weighted by Gasteiger charge is 2.29. The predicted molar refractivity (Wildman–Crippen MR) is 74.1 cm³/mol. The van der Waals surface area contributed by atoms with Gasteiger partial charge in [0.15, 0.2) is 5.96 Å². The average Bonchev–Trinajstić information content (AvgIpc) is 2.27. The van der Waals surface area contributed by atoms with Crippen molar-refractivity contribution in [2.45, 2.75) is 40.0 Å². The van der Waals surface area contributed by atoms with Gasteiger partial charge in [-0.15, -0.1) is 0 Å². The zero-order valence-electron chi connectivity index (χ0n) is 11.8. The number of carbonyl (C=O) groups is 1. The molecule has 5 heteroatoms. The normalized spacial score (nSPS) is 17.6. The molecule has 1 saturated heterocycles. The maximum absolute atomic E-state index is 11.9. The molecule has 0 aromatic heterocycles. The van der Waals surface area contributed by atoms with E-state index in [1.54, 1.807) is 0 Å². The van der Waals surface area contributed by atoms with Crippen molar-refractivity contribution in [3.05, 3.63) is 0 Å². The van der Waals surface area contributed by atoms with Crippen LogP contribution in [0.5, 0.6) is 0 Å². The van der Waals surface area contributed by atoms with Crippen LogP contribution in [0.25, 0.3) is 0 Å². The third kappa shape index (κ3) is 4.55. The van der Waals surface area contributed by atoms with Gasteiger partial charge in [0.2, 0.25) is 5.91 Å². The lowest BCUT2D eigenvalue weighted by Gasteiger charge is -2.38. The topological polar surface area (TPSA) is 84.7 Å². The summed E-state index contributed by atoms with van der Waals surface area (Å²) in [4.78, 5) is 17.7. The minimum Gasteiger partial charge on any atom is -0.370 e. The Morgan fingerprint density at radius 1 is 1.28 bits per heavy atom. The summed E-state index contributed by atoms with van der Waals surface area (Å²) in [6, 6.07) is 0. The fourth-order valence-electron chi connectivity index (χ4n) is 2.43. The number of rotatable bonds is 3. The van der Waals surface area contributed by atoms with Gasteiger partial charge in [0.1, 0.15) is 0 Å². The van der Waals surface area contributed by atoms with Crippen molar-refractivity contribution in [2.24, 2.45) is 27.8 Å². The molecule has 18 heavy (non-hydrogen) atoms. The maximum Gasteiger partial charge on any atom is 0.224 e. The summed E-state index contributed by atoms with van der Waals surface area (Å²) >= 11 is 0. The summed E-state index contributed by atoms with van der Waals surface area (Å²) in [6.45, 7) is 8.93. The number of likely N-dealkylation sites (tertiary alicyclic amines) is 1. The van der Waals surface area contributed by atoms with Crippen molar-refractivity contribution in [1.82, 2.24) is 4.90 Å². The third-order valence-corrected chi connectivity index (χ3v) is 3.69. The summed E-state index contributed by atoms with van der Waals surface area (Å²) in [5, 5.41) is 0. The lowest BCUT2D eigenvalue weighted by molar-refractivity contribution is -0.132. The molecule has 0 atom stereocenters. The summed E-state index contributed by atoms with van der Waals surface area (Å²) in [5.74, 6) is 0.917. The van der Waals surface area contributed by atoms with E-state index in [0.717, 1.165) is 25.9 Å². The number of hydrogen-bond acceptors (Lipinski definition) is 2. The van der Waals surface area contributed by atoms with Crippen LogP contribution in [0.2, 0.25) is 0 Å². The van der Waals surface area contributed by atoms with Crippen LogP contribution >= 0.6 is 0 Å². The number of nitrogens with zero attached hydrogens (tertiary/aromatic N) is 2. The van der Waals surface area contributed by atoms with Crippen molar-refractivity contribution in [3.8, 4) is 0 Å². The summed E-state index contributed by atoms with van der Waals surface area (Å²) in [6.07, 6.45) is 2.59. The van der Waals surface area contributed by atoms with Crippen molar-refractivity contribution in [3.63, 3.8) is 0 Å². The third-order valence-electron chi connectivity index (χ3n) is 3.69. The number of carbonyl (C=O) groups excluding carboxylic acids is 1. The molecule has 1 amide bonds. The Morgan fingerprint density at radius 3 is 2.28 bits per heavy atom. The molecule has 5 nitrogen and oxygen atoms in total. The molecule has 0 spiro atoms. The van der Waals surface area contributed by atoms with Crippen molar-refractivity contribution in [1.29, 1.82) is 0 Å². The highest BCUT2D eigenvalue weighted by Crippen LogP contribution is 2.34. The number of aliphatic imine (C=N–C) groups is 1. The fourth-order valence-corrected chi connectivity index (χ4v) is 2.43. The Bertz CT molecular complexity index is 307. The Balaban J connectivity index is 2.34. The van der Waals surface area contributed by atoms with E-state index in [1.807, 2.05) is 4.90 Å². The minimum absolute atomic E-state index is 0.0502. The second kappa shape index (κ2) is 6.07. The highest BCUT2D eigenvalue weighted by atomic mass is 16.2. The first-order chi connectivity index (χ1) is 8.30. The largest absolute Gasteiger partial charge is 0.370 e. The Morgan fingerprint density at radius 2 is 1.83 bits per heavy atom. The Kier molecular flexibility index (Phi) is 4.99. The van der Waals surface area contributed by atoms with Gasteiger partial charge in [-0.2, -0.15) is 0 Å². The zero-order chi connectivity index (χ0) is 13.8. The second-order valence-corrected chi connectivity index (χ2v) is 6.08. The Hall–Kier alpha value is -1.26. The van der Waals surface area contributed by atoms with E-state index >= 15 is 0 Å².